The predicted octanol–water partition coefficient (Wildman–Crippen LogP) is 1.01. The normalized spacial score (nSPS) is 15.4. The fourth-order valence-electron chi connectivity index (χ4n) is 6.28. The number of hydrogen-bond acceptors (Lipinski definition) is 8. The van der Waals surface area contributed by atoms with Gasteiger partial charge in [0.15, 0.2) is 0 Å². The third kappa shape index (κ3) is 14.5. The number of carbonyl (C=O) groups excluding carboxylic acids is 6. The van der Waals surface area contributed by atoms with Crippen LogP contribution < -0.4 is 32.7 Å². The Labute approximate surface area is 319 Å². The molecule has 0 saturated carbocycles. The molecule has 0 aromatic heterocycles. The molecule has 1 heterocycles. The molecule has 1 saturated heterocycles. The number of likely N-dealkylation sites (tertiary alicyclic amines) is 1. The van der Waals surface area contributed by atoms with Crippen molar-refractivity contribution in [3.8, 4) is 0 Å². The largest absolute Gasteiger partial charge is 0.345 e. The molecule has 0 unspecified atom stereocenters. The first kappa shape index (κ1) is 43.6. The average Bonchev–Trinajstić information content (AvgIpc) is 3.16. The summed E-state index contributed by atoms with van der Waals surface area (Å²) < 4.78 is 0. The van der Waals surface area contributed by atoms with E-state index in [0.717, 1.165) is 11.1 Å². The van der Waals surface area contributed by atoms with Gasteiger partial charge in [0, 0.05) is 39.6 Å². The van der Waals surface area contributed by atoms with Gasteiger partial charge in [0.25, 0.3) is 0 Å². The van der Waals surface area contributed by atoms with Crippen LogP contribution >= 0.6 is 0 Å². The summed E-state index contributed by atoms with van der Waals surface area (Å²) in [6.45, 7) is 5.14. The maximum absolute atomic E-state index is 14.0. The van der Waals surface area contributed by atoms with Crippen LogP contribution in [0.5, 0.6) is 0 Å². The number of carbonyl (C=O) groups is 6. The lowest BCUT2D eigenvalue weighted by Gasteiger charge is -2.35. The number of benzene rings is 2. The van der Waals surface area contributed by atoms with Crippen LogP contribution in [0.2, 0.25) is 0 Å². The van der Waals surface area contributed by atoms with Crippen LogP contribution in [0.4, 0.5) is 0 Å². The first-order valence-corrected chi connectivity index (χ1v) is 19.0. The quantitative estimate of drug-likeness (QED) is 0.0901. The fourth-order valence-corrected chi connectivity index (χ4v) is 6.28. The Kier molecular flexibility index (Phi) is 18.1. The molecular weight excluding hydrogens is 688 g/mol. The highest BCUT2D eigenvalue weighted by atomic mass is 16.2. The van der Waals surface area contributed by atoms with E-state index in [1.165, 1.54) is 19.0 Å². The second-order valence-corrected chi connectivity index (χ2v) is 14.7. The molecule has 0 aliphatic carbocycles. The van der Waals surface area contributed by atoms with Crippen LogP contribution in [0, 0.1) is 5.92 Å². The van der Waals surface area contributed by atoms with Crippen LogP contribution in [0.3, 0.4) is 0 Å². The zero-order valence-electron chi connectivity index (χ0n) is 32.2. The maximum Gasteiger partial charge on any atom is 0.311 e. The minimum Gasteiger partial charge on any atom is -0.345 e. The topological polar surface area (TPSA) is 209 Å². The third-order valence-electron chi connectivity index (χ3n) is 9.52. The van der Waals surface area contributed by atoms with E-state index in [-0.39, 0.29) is 30.7 Å². The van der Waals surface area contributed by atoms with Crippen molar-refractivity contribution in [3.63, 3.8) is 0 Å². The maximum atomic E-state index is 14.0. The van der Waals surface area contributed by atoms with Crippen LogP contribution in [0.25, 0.3) is 0 Å². The van der Waals surface area contributed by atoms with Gasteiger partial charge in [-0.25, -0.2) is 0 Å². The Bertz CT molecular complexity index is 1510. The van der Waals surface area contributed by atoms with E-state index in [0.29, 0.717) is 64.6 Å². The Balaban J connectivity index is 1.75. The van der Waals surface area contributed by atoms with Gasteiger partial charge < -0.3 is 42.5 Å². The molecule has 54 heavy (non-hydrogen) atoms. The molecule has 6 amide bonds. The summed E-state index contributed by atoms with van der Waals surface area (Å²) in [4.78, 5) is 82.4. The van der Waals surface area contributed by atoms with Crippen molar-refractivity contribution in [1.29, 1.82) is 0 Å². The van der Waals surface area contributed by atoms with Gasteiger partial charge in [0.2, 0.25) is 23.6 Å². The Morgan fingerprint density at radius 1 is 0.722 bits per heavy atom. The number of unbranched alkanes of at least 4 members (excludes halogenated alkanes) is 1. The first-order valence-electron chi connectivity index (χ1n) is 19.0. The van der Waals surface area contributed by atoms with Gasteiger partial charge in [-0.3, -0.25) is 28.8 Å². The van der Waals surface area contributed by atoms with E-state index < -0.39 is 53.7 Å². The van der Waals surface area contributed by atoms with E-state index in [2.05, 4.69) is 21.3 Å². The number of nitrogens with two attached hydrogens (primary N) is 2. The van der Waals surface area contributed by atoms with Crippen molar-refractivity contribution < 1.29 is 28.8 Å². The summed E-state index contributed by atoms with van der Waals surface area (Å²) in [5.74, 6) is -2.88. The zero-order chi connectivity index (χ0) is 39.6. The highest BCUT2D eigenvalue weighted by Crippen LogP contribution is 2.16. The van der Waals surface area contributed by atoms with Crippen molar-refractivity contribution in [2.24, 2.45) is 17.4 Å². The van der Waals surface area contributed by atoms with E-state index in [9.17, 15) is 28.8 Å². The summed E-state index contributed by atoms with van der Waals surface area (Å²) in [7, 11) is 3.01. The molecule has 1 aliphatic heterocycles. The molecule has 4 atom stereocenters. The van der Waals surface area contributed by atoms with Gasteiger partial charge in [-0.2, -0.15) is 0 Å². The Morgan fingerprint density at radius 2 is 1.26 bits per heavy atom. The second kappa shape index (κ2) is 22.4. The van der Waals surface area contributed by atoms with Gasteiger partial charge >= 0.3 is 11.8 Å². The molecule has 1 aliphatic rings. The Hall–Kier alpha value is -4.82. The molecule has 2 aromatic carbocycles. The number of piperidine rings is 1. The standard InChI is InChI=1S/C40H60N8O6/c1-27(2)18-19-32(44-37(51)34(26-29-15-9-6-10-16-29)46-35(49)31(42)25-28-13-7-5-8-14-28)36(50)45-33(17-11-12-22-41)39(53)48-23-20-30(21-24-48)43-38(52)40(54)47(3)4/h5-10,13-16,27,30-34H,11-12,17-26,41-42H2,1-4H3,(H,43,52)(H,44,51)(H,45,50)(H,46,49)/t31-,32-,33-,34-/m1/s1. The molecule has 0 spiro atoms. The number of rotatable bonds is 19. The molecule has 14 nitrogen and oxygen atoms in total. The van der Waals surface area contributed by atoms with Crippen LogP contribution in [0.1, 0.15) is 69.9 Å². The van der Waals surface area contributed by atoms with Crippen molar-refractivity contribution >= 4 is 35.4 Å². The molecule has 2 aromatic rings. The van der Waals surface area contributed by atoms with Crippen molar-refractivity contribution in [2.45, 2.75) is 102 Å². The van der Waals surface area contributed by atoms with Gasteiger partial charge in [0.1, 0.15) is 18.1 Å². The summed E-state index contributed by atoms with van der Waals surface area (Å²) in [6, 6.07) is 14.6. The minimum atomic E-state index is -1.02. The smallest absolute Gasteiger partial charge is 0.311 e. The SMILES string of the molecule is CC(C)CC[C@@H](NC(=O)[C@@H](Cc1ccccc1)NC(=O)[C@H](N)Cc1ccccc1)C(=O)N[C@H](CCCCN)C(=O)N1CCC(NC(=O)C(=O)N(C)C)CC1. The van der Waals surface area contributed by atoms with Gasteiger partial charge in [-0.15, -0.1) is 0 Å². The van der Waals surface area contributed by atoms with Crippen molar-refractivity contribution in [3.05, 3.63) is 71.8 Å². The summed E-state index contributed by atoms with van der Waals surface area (Å²) in [6.07, 6.45) is 3.93. The monoisotopic (exact) mass is 748 g/mol. The molecule has 8 N–H and O–H groups in total. The molecule has 3 rings (SSSR count). The van der Waals surface area contributed by atoms with Gasteiger partial charge in [-0.05, 0) is 75.0 Å². The molecule has 0 radical (unpaired) electrons. The number of amides is 6. The van der Waals surface area contributed by atoms with E-state index in [1.54, 1.807) is 4.90 Å². The molecule has 1 fully saturated rings. The molecule has 296 valence electrons. The fraction of sp³-hybridized carbons (Fsp3) is 0.550. The summed E-state index contributed by atoms with van der Waals surface area (Å²) >= 11 is 0. The highest BCUT2D eigenvalue weighted by molar-refractivity contribution is 6.34. The van der Waals surface area contributed by atoms with Crippen LogP contribution in [-0.4, -0.2) is 109 Å². The van der Waals surface area contributed by atoms with Crippen LogP contribution in [-0.2, 0) is 41.6 Å². The van der Waals surface area contributed by atoms with Gasteiger partial charge in [0.05, 0.1) is 6.04 Å². The molecular formula is C40H60N8O6. The number of nitrogens with zero attached hydrogens (tertiary/aromatic N) is 2. The van der Waals surface area contributed by atoms with E-state index in [4.69, 9.17) is 11.5 Å². The zero-order valence-corrected chi connectivity index (χ0v) is 32.2. The predicted molar refractivity (Wildman–Crippen MR) is 207 cm³/mol. The van der Waals surface area contributed by atoms with Crippen molar-refractivity contribution in [1.82, 2.24) is 31.1 Å². The Morgan fingerprint density at radius 3 is 1.81 bits per heavy atom. The second-order valence-electron chi connectivity index (χ2n) is 14.7. The minimum absolute atomic E-state index is 0.175. The summed E-state index contributed by atoms with van der Waals surface area (Å²) in [5.41, 5.74) is 13.7. The number of nitrogens with one attached hydrogen (secondary N) is 4. The molecule has 0 bridgehead atoms. The first-order chi connectivity index (χ1) is 25.8. The highest BCUT2D eigenvalue weighted by Gasteiger charge is 2.34. The lowest BCUT2D eigenvalue weighted by Crippen LogP contribution is -2.59. The molecule has 14 heteroatoms. The number of hydrogen-bond donors (Lipinski definition) is 6. The third-order valence-corrected chi connectivity index (χ3v) is 9.52. The van der Waals surface area contributed by atoms with Gasteiger partial charge in [-0.1, -0.05) is 74.5 Å². The lowest BCUT2D eigenvalue weighted by atomic mass is 9.99. The summed E-state index contributed by atoms with van der Waals surface area (Å²) in [5, 5.41) is 11.4. The number of likely N-dealkylation sites (N-methyl/N-ethyl adjacent to an activating group) is 1. The average molecular weight is 749 g/mol. The van der Waals surface area contributed by atoms with Crippen molar-refractivity contribution in [2.75, 3.05) is 33.7 Å². The van der Waals surface area contributed by atoms with E-state index in [1.807, 2.05) is 74.5 Å². The van der Waals surface area contributed by atoms with Crippen LogP contribution in [0.15, 0.2) is 60.7 Å². The lowest BCUT2D eigenvalue weighted by molar-refractivity contribution is -0.145. The van der Waals surface area contributed by atoms with E-state index >= 15 is 0 Å².